The molecule has 1 N–H and O–H groups in total. The average molecular weight is 451 g/mol. The van der Waals surface area contributed by atoms with Crippen LogP contribution in [0.4, 0.5) is 5.13 Å². The van der Waals surface area contributed by atoms with Crippen LogP contribution in [0.3, 0.4) is 0 Å². The number of carbonyl (C=O) groups is 2. The molecule has 1 amide bonds. The minimum atomic E-state index is -0.492. The number of halogens is 2. The van der Waals surface area contributed by atoms with Gasteiger partial charge in [-0.2, -0.15) is 0 Å². The van der Waals surface area contributed by atoms with Crippen LogP contribution in [0.25, 0.3) is 11.3 Å². The fourth-order valence-corrected chi connectivity index (χ4v) is 3.75. The first kappa shape index (κ1) is 21.1. The molecule has 0 aliphatic heterocycles. The maximum atomic E-state index is 12.3. The van der Waals surface area contributed by atoms with E-state index in [1.54, 1.807) is 19.1 Å². The third-order valence-corrected chi connectivity index (χ3v) is 5.12. The van der Waals surface area contributed by atoms with Crippen molar-refractivity contribution >= 4 is 51.5 Å². The Hall–Kier alpha value is -2.61. The van der Waals surface area contributed by atoms with Crippen molar-refractivity contribution in [2.24, 2.45) is 0 Å². The van der Waals surface area contributed by atoms with Gasteiger partial charge in [0, 0.05) is 10.6 Å². The average Bonchev–Trinajstić information content (AvgIpc) is 3.12. The van der Waals surface area contributed by atoms with Gasteiger partial charge in [0.2, 0.25) is 0 Å². The maximum Gasteiger partial charge on any atom is 0.350 e. The molecule has 9 heteroatoms. The van der Waals surface area contributed by atoms with Crippen molar-refractivity contribution in [3.63, 3.8) is 0 Å². The van der Waals surface area contributed by atoms with E-state index in [1.807, 2.05) is 30.3 Å². The molecule has 0 atom stereocenters. The van der Waals surface area contributed by atoms with Crippen molar-refractivity contribution in [2.75, 3.05) is 18.5 Å². The summed E-state index contributed by atoms with van der Waals surface area (Å²) in [7, 11) is 0. The van der Waals surface area contributed by atoms with Gasteiger partial charge in [-0.3, -0.25) is 10.1 Å². The number of carbonyl (C=O) groups excluding carboxylic acids is 2. The predicted molar refractivity (Wildman–Crippen MR) is 114 cm³/mol. The van der Waals surface area contributed by atoms with E-state index in [2.05, 4.69) is 10.3 Å². The highest BCUT2D eigenvalue weighted by Crippen LogP contribution is 2.32. The largest absolute Gasteiger partial charge is 0.482 e. The number of nitrogens with one attached hydrogen (secondary N) is 1. The van der Waals surface area contributed by atoms with Gasteiger partial charge in [0.05, 0.1) is 17.3 Å². The lowest BCUT2D eigenvalue weighted by Gasteiger charge is -2.07. The van der Waals surface area contributed by atoms with Gasteiger partial charge in [-0.1, -0.05) is 64.9 Å². The van der Waals surface area contributed by atoms with Crippen LogP contribution in [-0.2, 0) is 9.53 Å². The Morgan fingerprint density at radius 3 is 2.59 bits per heavy atom. The minimum Gasteiger partial charge on any atom is -0.482 e. The fourth-order valence-electron chi connectivity index (χ4n) is 2.39. The Morgan fingerprint density at radius 1 is 1.14 bits per heavy atom. The number of hydrogen-bond acceptors (Lipinski definition) is 6. The summed E-state index contributed by atoms with van der Waals surface area (Å²) in [5, 5.41) is 3.67. The van der Waals surface area contributed by atoms with Gasteiger partial charge in [0.25, 0.3) is 5.91 Å². The summed E-state index contributed by atoms with van der Waals surface area (Å²) in [5.74, 6) is -0.601. The SMILES string of the molecule is CCOC(=O)c1sc(NC(=O)COc2ccc(Cl)cc2Cl)nc1-c1ccccc1. The number of anilines is 1. The quantitative estimate of drug-likeness (QED) is 0.493. The molecule has 0 bridgehead atoms. The van der Waals surface area contributed by atoms with E-state index in [1.165, 1.54) is 6.07 Å². The summed E-state index contributed by atoms with van der Waals surface area (Å²) in [6, 6.07) is 13.9. The molecular weight excluding hydrogens is 435 g/mol. The van der Waals surface area contributed by atoms with Gasteiger partial charge in [-0.05, 0) is 25.1 Å². The van der Waals surface area contributed by atoms with E-state index in [-0.39, 0.29) is 18.3 Å². The third-order valence-electron chi connectivity index (χ3n) is 3.63. The number of thiazole rings is 1. The van der Waals surface area contributed by atoms with Crippen LogP contribution in [-0.4, -0.2) is 30.1 Å². The smallest absolute Gasteiger partial charge is 0.350 e. The van der Waals surface area contributed by atoms with Crippen LogP contribution in [0.15, 0.2) is 48.5 Å². The van der Waals surface area contributed by atoms with Gasteiger partial charge >= 0.3 is 5.97 Å². The van der Waals surface area contributed by atoms with Crippen LogP contribution >= 0.6 is 34.5 Å². The molecule has 0 saturated heterocycles. The highest BCUT2D eigenvalue weighted by molar-refractivity contribution is 7.18. The normalized spacial score (nSPS) is 10.4. The van der Waals surface area contributed by atoms with Gasteiger partial charge in [-0.25, -0.2) is 9.78 Å². The standard InChI is InChI=1S/C20H16Cl2N2O4S/c1-2-27-19(26)18-17(12-6-4-3-5-7-12)24-20(29-18)23-16(25)11-28-15-9-8-13(21)10-14(15)22/h3-10H,2,11H2,1H3,(H,23,24,25). The first-order chi connectivity index (χ1) is 14.0. The van der Waals surface area contributed by atoms with E-state index in [0.29, 0.717) is 26.4 Å². The van der Waals surface area contributed by atoms with Crippen molar-refractivity contribution in [3.8, 4) is 17.0 Å². The van der Waals surface area contributed by atoms with Crippen molar-refractivity contribution in [2.45, 2.75) is 6.92 Å². The molecule has 29 heavy (non-hydrogen) atoms. The second-order valence-corrected chi connectivity index (χ2v) is 7.54. The Morgan fingerprint density at radius 2 is 1.90 bits per heavy atom. The molecule has 0 spiro atoms. The number of rotatable bonds is 7. The number of nitrogens with zero attached hydrogens (tertiary/aromatic N) is 1. The van der Waals surface area contributed by atoms with E-state index < -0.39 is 11.9 Å². The molecular formula is C20H16Cl2N2O4S. The molecule has 3 aromatic rings. The summed E-state index contributed by atoms with van der Waals surface area (Å²) in [4.78, 5) is 29.3. The van der Waals surface area contributed by atoms with Crippen molar-refractivity contribution < 1.29 is 19.1 Å². The number of aromatic nitrogens is 1. The zero-order chi connectivity index (χ0) is 20.8. The maximum absolute atomic E-state index is 12.3. The van der Waals surface area contributed by atoms with E-state index in [4.69, 9.17) is 32.7 Å². The summed E-state index contributed by atoms with van der Waals surface area (Å²) >= 11 is 12.9. The highest BCUT2D eigenvalue weighted by atomic mass is 35.5. The summed E-state index contributed by atoms with van der Waals surface area (Å²) in [5.41, 5.74) is 1.20. The summed E-state index contributed by atoms with van der Waals surface area (Å²) in [6.45, 7) is 1.68. The number of esters is 1. The van der Waals surface area contributed by atoms with E-state index in [0.717, 1.165) is 16.9 Å². The van der Waals surface area contributed by atoms with Gasteiger partial charge in [0.1, 0.15) is 10.6 Å². The second kappa shape index (κ2) is 9.73. The van der Waals surface area contributed by atoms with Gasteiger partial charge < -0.3 is 9.47 Å². The third kappa shape index (κ3) is 5.47. The molecule has 150 valence electrons. The monoisotopic (exact) mass is 450 g/mol. The van der Waals surface area contributed by atoms with Crippen LogP contribution in [0.5, 0.6) is 5.75 Å². The highest BCUT2D eigenvalue weighted by Gasteiger charge is 2.21. The molecule has 0 unspecified atom stereocenters. The molecule has 0 aliphatic carbocycles. The van der Waals surface area contributed by atoms with Crippen LogP contribution in [0, 0.1) is 0 Å². The number of hydrogen-bond donors (Lipinski definition) is 1. The fraction of sp³-hybridized carbons (Fsp3) is 0.150. The Kier molecular flexibility index (Phi) is 7.09. The van der Waals surface area contributed by atoms with Crippen molar-refractivity contribution in [1.82, 2.24) is 4.98 Å². The topological polar surface area (TPSA) is 77.5 Å². The zero-order valence-electron chi connectivity index (χ0n) is 15.3. The van der Waals surface area contributed by atoms with E-state index >= 15 is 0 Å². The molecule has 0 aliphatic rings. The Labute approximate surface area is 181 Å². The van der Waals surface area contributed by atoms with Crippen molar-refractivity contribution in [3.05, 3.63) is 63.5 Å². The molecule has 0 radical (unpaired) electrons. The number of ether oxygens (including phenoxy) is 2. The predicted octanol–water partition coefficient (Wildman–Crippen LogP) is 5.31. The lowest BCUT2D eigenvalue weighted by atomic mass is 10.1. The Bertz CT molecular complexity index is 1020. The lowest BCUT2D eigenvalue weighted by molar-refractivity contribution is -0.118. The van der Waals surface area contributed by atoms with E-state index in [9.17, 15) is 9.59 Å². The van der Waals surface area contributed by atoms with Gasteiger partial charge in [-0.15, -0.1) is 0 Å². The molecule has 2 aromatic carbocycles. The molecule has 6 nitrogen and oxygen atoms in total. The van der Waals surface area contributed by atoms with Crippen molar-refractivity contribution in [1.29, 1.82) is 0 Å². The lowest BCUT2D eigenvalue weighted by Crippen LogP contribution is -2.20. The second-order valence-electron chi connectivity index (χ2n) is 5.69. The van der Waals surface area contributed by atoms with Crippen LogP contribution in [0.2, 0.25) is 10.0 Å². The van der Waals surface area contributed by atoms with Crippen LogP contribution in [0.1, 0.15) is 16.6 Å². The number of benzene rings is 2. The zero-order valence-corrected chi connectivity index (χ0v) is 17.6. The first-order valence-corrected chi connectivity index (χ1v) is 10.2. The molecule has 1 aromatic heterocycles. The summed E-state index contributed by atoms with van der Waals surface area (Å²) in [6.07, 6.45) is 0. The number of amides is 1. The molecule has 1 heterocycles. The molecule has 0 fully saturated rings. The van der Waals surface area contributed by atoms with Gasteiger partial charge in [0.15, 0.2) is 11.7 Å². The molecule has 3 rings (SSSR count). The molecule has 0 saturated carbocycles. The van der Waals surface area contributed by atoms with Crippen LogP contribution < -0.4 is 10.1 Å². The first-order valence-electron chi connectivity index (χ1n) is 8.59. The minimum absolute atomic E-state index is 0.238. The Balaban J connectivity index is 1.74. The summed E-state index contributed by atoms with van der Waals surface area (Å²) < 4.78 is 10.5.